The summed E-state index contributed by atoms with van der Waals surface area (Å²) in [6, 6.07) is 6.04. The number of nitrogens with two attached hydrogens (primary N) is 1. The number of fused-ring (bicyclic) bond motifs is 3. The van der Waals surface area contributed by atoms with Crippen LogP contribution in [0.4, 0.5) is 11.4 Å². The molecule has 0 spiro atoms. The molecule has 0 aliphatic carbocycles. The van der Waals surface area contributed by atoms with E-state index in [0.717, 1.165) is 23.9 Å². The topological polar surface area (TPSA) is 41.6 Å². The summed E-state index contributed by atoms with van der Waals surface area (Å²) < 4.78 is 0. The minimum absolute atomic E-state index is 0.861. The molecule has 1 aromatic rings. The molecule has 0 radical (unpaired) electrons. The van der Waals surface area contributed by atoms with Gasteiger partial charge in [-0.3, -0.25) is 4.99 Å². The minimum atomic E-state index is 0.861. The summed E-state index contributed by atoms with van der Waals surface area (Å²) in [6.07, 6.45) is 0. The first-order chi connectivity index (χ1) is 6.36. The van der Waals surface area contributed by atoms with Crippen LogP contribution in [0.15, 0.2) is 28.1 Å². The van der Waals surface area contributed by atoms with Gasteiger partial charge in [-0.05, 0) is 23.9 Å². The van der Waals surface area contributed by atoms with Crippen molar-refractivity contribution in [2.24, 2.45) is 4.99 Å². The average Bonchev–Trinajstić information content (AvgIpc) is 2.65. The van der Waals surface area contributed by atoms with E-state index >= 15 is 0 Å². The van der Waals surface area contributed by atoms with Crippen LogP contribution in [-0.4, -0.2) is 18.3 Å². The maximum atomic E-state index is 5.87. The Hall–Kier alpha value is -1.16. The summed E-state index contributed by atoms with van der Waals surface area (Å²) in [4.78, 5) is 7.80. The summed E-state index contributed by atoms with van der Waals surface area (Å²) in [5.41, 5.74) is 7.96. The standard InChI is InChI=1S/C9H9N3S/c10-6-2-1-3-7-8(6)13-9-11-4-5-12(7)9/h1-3H,4-5,10H2. The molecule has 2 heterocycles. The van der Waals surface area contributed by atoms with Gasteiger partial charge in [0.2, 0.25) is 0 Å². The van der Waals surface area contributed by atoms with Crippen LogP contribution in [0.2, 0.25) is 0 Å². The van der Waals surface area contributed by atoms with E-state index in [4.69, 9.17) is 5.73 Å². The smallest absolute Gasteiger partial charge is 0.168 e. The number of thioether (sulfide) groups is 1. The van der Waals surface area contributed by atoms with Gasteiger partial charge in [-0.15, -0.1) is 0 Å². The molecule has 0 amide bonds. The number of rotatable bonds is 0. The van der Waals surface area contributed by atoms with Gasteiger partial charge in [0.15, 0.2) is 5.17 Å². The number of hydrogen-bond acceptors (Lipinski definition) is 4. The Morgan fingerprint density at radius 1 is 1.46 bits per heavy atom. The maximum absolute atomic E-state index is 5.87. The SMILES string of the molecule is Nc1cccc2c1SC1=NCCN12. The van der Waals surface area contributed by atoms with E-state index in [1.54, 1.807) is 11.8 Å². The van der Waals surface area contributed by atoms with E-state index in [0.29, 0.717) is 0 Å². The second-order valence-corrected chi connectivity index (χ2v) is 4.09. The Bertz CT molecular complexity index is 400. The lowest BCUT2D eigenvalue weighted by atomic mass is 10.2. The maximum Gasteiger partial charge on any atom is 0.168 e. The third kappa shape index (κ3) is 0.891. The third-order valence-corrected chi connectivity index (χ3v) is 3.49. The fourth-order valence-corrected chi connectivity index (χ4v) is 2.80. The lowest BCUT2D eigenvalue weighted by Crippen LogP contribution is -2.20. The monoisotopic (exact) mass is 191 g/mol. The summed E-state index contributed by atoms with van der Waals surface area (Å²) in [5, 5.41) is 1.10. The molecule has 0 fully saturated rings. The van der Waals surface area contributed by atoms with Gasteiger partial charge >= 0.3 is 0 Å². The van der Waals surface area contributed by atoms with Crippen molar-refractivity contribution in [1.82, 2.24) is 0 Å². The second-order valence-electron chi connectivity index (χ2n) is 3.11. The zero-order chi connectivity index (χ0) is 8.84. The number of hydrogen-bond donors (Lipinski definition) is 1. The average molecular weight is 191 g/mol. The number of nitrogens with zero attached hydrogens (tertiary/aromatic N) is 2. The molecule has 2 N–H and O–H groups in total. The summed E-state index contributed by atoms with van der Waals surface area (Å²) in [5.74, 6) is 0. The van der Waals surface area contributed by atoms with Crippen molar-refractivity contribution in [3.63, 3.8) is 0 Å². The minimum Gasteiger partial charge on any atom is -0.398 e. The van der Waals surface area contributed by atoms with Gasteiger partial charge in [0, 0.05) is 12.2 Å². The van der Waals surface area contributed by atoms with Crippen molar-refractivity contribution in [3.05, 3.63) is 18.2 Å². The summed E-state index contributed by atoms with van der Waals surface area (Å²) >= 11 is 1.68. The van der Waals surface area contributed by atoms with Crippen LogP contribution in [0.1, 0.15) is 0 Å². The second kappa shape index (κ2) is 2.42. The predicted molar refractivity (Wildman–Crippen MR) is 56.4 cm³/mol. The molecule has 66 valence electrons. The van der Waals surface area contributed by atoms with Crippen LogP contribution < -0.4 is 10.6 Å². The van der Waals surface area contributed by atoms with E-state index in [2.05, 4.69) is 16.0 Å². The highest BCUT2D eigenvalue weighted by Gasteiger charge is 2.30. The fraction of sp³-hybridized carbons (Fsp3) is 0.222. The quantitative estimate of drug-likeness (QED) is 0.633. The molecular formula is C9H9N3S. The lowest BCUT2D eigenvalue weighted by Gasteiger charge is -2.11. The molecule has 13 heavy (non-hydrogen) atoms. The van der Waals surface area contributed by atoms with Crippen LogP contribution in [0.3, 0.4) is 0 Å². The molecule has 0 aromatic heterocycles. The van der Waals surface area contributed by atoms with Crippen LogP contribution in [0, 0.1) is 0 Å². The van der Waals surface area contributed by atoms with Gasteiger partial charge in [0.25, 0.3) is 0 Å². The highest BCUT2D eigenvalue weighted by Crippen LogP contribution is 2.44. The molecule has 2 aliphatic heterocycles. The van der Waals surface area contributed by atoms with E-state index in [1.807, 2.05) is 12.1 Å². The van der Waals surface area contributed by atoms with Crippen molar-refractivity contribution in [1.29, 1.82) is 0 Å². The van der Waals surface area contributed by atoms with E-state index in [9.17, 15) is 0 Å². The lowest BCUT2D eigenvalue weighted by molar-refractivity contribution is 1.02. The number of amidine groups is 1. The fourth-order valence-electron chi connectivity index (χ4n) is 1.69. The van der Waals surface area contributed by atoms with Crippen molar-refractivity contribution in [2.45, 2.75) is 4.90 Å². The van der Waals surface area contributed by atoms with Gasteiger partial charge < -0.3 is 10.6 Å². The Labute approximate surface area is 80.6 Å². The molecule has 2 aliphatic rings. The largest absolute Gasteiger partial charge is 0.398 e. The van der Waals surface area contributed by atoms with Crippen molar-refractivity contribution in [2.75, 3.05) is 23.7 Å². The van der Waals surface area contributed by atoms with Gasteiger partial charge in [-0.2, -0.15) is 0 Å². The normalized spacial score (nSPS) is 18.5. The van der Waals surface area contributed by atoms with Gasteiger partial charge in [-0.25, -0.2) is 0 Å². The predicted octanol–water partition coefficient (Wildman–Crippen LogP) is 1.55. The number of benzene rings is 1. The van der Waals surface area contributed by atoms with Gasteiger partial charge in [0.1, 0.15) is 0 Å². The molecule has 1 aromatic carbocycles. The Balaban J connectivity index is 2.19. The summed E-state index contributed by atoms with van der Waals surface area (Å²) in [7, 11) is 0. The van der Waals surface area contributed by atoms with Crippen LogP contribution in [0.25, 0.3) is 0 Å². The number of nitrogen functional groups attached to an aromatic ring is 1. The third-order valence-electron chi connectivity index (χ3n) is 2.31. The molecule has 0 atom stereocenters. The van der Waals surface area contributed by atoms with Crippen molar-refractivity contribution in [3.8, 4) is 0 Å². The zero-order valence-electron chi connectivity index (χ0n) is 7.03. The van der Waals surface area contributed by atoms with Gasteiger partial charge in [-0.1, -0.05) is 6.07 Å². The highest BCUT2D eigenvalue weighted by atomic mass is 32.2. The first-order valence-corrected chi connectivity index (χ1v) is 5.06. The van der Waals surface area contributed by atoms with E-state index in [-0.39, 0.29) is 0 Å². The molecule has 0 saturated carbocycles. The highest BCUT2D eigenvalue weighted by molar-refractivity contribution is 8.15. The first-order valence-electron chi connectivity index (χ1n) is 4.24. The molecule has 3 rings (SSSR count). The van der Waals surface area contributed by atoms with E-state index < -0.39 is 0 Å². The molecule has 0 saturated heterocycles. The van der Waals surface area contributed by atoms with Crippen molar-refractivity contribution >= 4 is 28.3 Å². The van der Waals surface area contributed by atoms with E-state index in [1.165, 1.54) is 10.6 Å². The van der Waals surface area contributed by atoms with Crippen LogP contribution in [-0.2, 0) is 0 Å². The van der Waals surface area contributed by atoms with Gasteiger partial charge in [0.05, 0.1) is 17.1 Å². The Morgan fingerprint density at radius 2 is 2.38 bits per heavy atom. The van der Waals surface area contributed by atoms with Crippen molar-refractivity contribution < 1.29 is 0 Å². The molecular weight excluding hydrogens is 182 g/mol. The first kappa shape index (κ1) is 7.26. The molecule has 0 unspecified atom stereocenters. The molecule has 3 nitrogen and oxygen atoms in total. The number of anilines is 2. The van der Waals surface area contributed by atoms with Crippen LogP contribution in [0.5, 0.6) is 0 Å². The zero-order valence-corrected chi connectivity index (χ0v) is 7.84. The molecule has 4 heteroatoms. The number of aliphatic imine (C=N–C) groups is 1. The molecule has 0 bridgehead atoms. The van der Waals surface area contributed by atoms with Crippen LogP contribution >= 0.6 is 11.8 Å². The Kier molecular flexibility index (Phi) is 1.35. The summed E-state index contributed by atoms with van der Waals surface area (Å²) in [6.45, 7) is 1.91. The Morgan fingerprint density at radius 3 is 3.31 bits per heavy atom.